The Morgan fingerprint density at radius 3 is 2.45 bits per heavy atom. The Labute approximate surface area is 183 Å². The van der Waals surface area contributed by atoms with Crippen LogP contribution in [0.25, 0.3) is 17.1 Å². The minimum atomic E-state index is -0.0158. The first-order valence-corrected chi connectivity index (χ1v) is 11.1. The van der Waals surface area contributed by atoms with E-state index in [1.807, 2.05) is 56.3 Å². The van der Waals surface area contributed by atoms with Crippen molar-refractivity contribution in [1.29, 1.82) is 0 Å². The number of aromatic nitrogens is 3. The summed E-state index contributed by atoms with van der Waals surface area (Å²) >= 11 is 0. The maximum Gasteiger partial charge on any atom is 0.336 e. The third-order valence-electron chi connectivity index (χ3n) is 5.67. The molecule has 4 rings (SSSR count). The number of hydrogen-bond acceptors (Lipinski definition) is 4. The molecule has 1 aliphatic rings. The fourth-order valence-corrected chi connectivity index (χ4v) is 4.03. The largest absolute Gasteiger partial charge is 0.460 e. The van der Waals surface area contributed by atoms with E-state index in [1.54, 1.807) is 4.68 Å². The third-order valence-corrected chi connectivity index (χ3v) is 5.67. The minimum Gasteiger partial charge on any atom is -0.460 e. The monoisotopic (exact) mass is 418 g/mol. The molecule has 1 aromatic heterocycles. The molecule has 2 aromatic carbocycles. The number of nitrogens with zero attached hydrogens (tertiary/aromatic N) is 3. The van der Waals surface area contributed by atoms with Crippen molar-refractivity contribution in [2.75, 3.05) is 5.32 Å². The number of ether oxygens (including phenoxy) is 1. The molecule has 6 heteroatoms. The smallest absolute Gasteiger partial charge is 0.336 e. The van der Waals surface area contributed by atoms with Gasteiger partial charge in [0.05, 0.1) is 11.8 Å². The lowest BCUT2D eigenvalue weighted by Crippen LogP contribution is -2.24. The number of nitrogens with one attached hydrogen (secondary N) is 1. The zero-order valence-electron chi connectivity index (χ0n) is 18.5. The number of hydrogen-bond donors (Lipinski definition) is 1. The van der Waals surface area contributed by atoms with E-state index >= 15 is 0 Å². The Morgan fingerprint density at radius 2 is 1.77 bits per heavy atom. The fourth-order valence-electron chi connectivity index (χ4n) is 4.03. The number of amides is 1. The third kappa shape index (κ3) is 4.95. The highest BCUT2D eigenvalue weighted by Crippen LogP contribution is 2.28. The molecule has 1 heterocycles. The molecule has 1 N–H and O–H groups in total. The molecule has 162 valence electrons. The van der Waals surface area contributed by atoms with Crippen LogP contribution in [0.4, 0.5) is 5.69 Å². The van der Waals surface area contributed by atoms with Crippen molar-refractivity contribution < 1.29 is 9.53 Å². The summed E-state index contributed by atoms with van der Waals surface area (Å²) in [7, 11) is 0. The fraction of sp³-hybridized carbons (Fsp3) is 0.400. The van der Waals surface area contributed by atoms with E-state index in [4.69, 9.17) is 4.74 Å². The predicted molar refractivity (Wildman–Crippen MR) is 123 cm³/mol. The quantitative estimate of drug-likeness (QED) is 0.570. The molecule has 0 bridgehead atoms. The molecule has 0 atom stereocenters. The molecule has 1 amide bonds. The first kappa shape index (κ1) is 21.1. The van der Waals surface area contributed by atoms with Crippen molar-refractivity contribution >= 4 is 11.6 Å². The van der Waals surface area contributed by atoms with Crippen LogP contribution in [0, 0.1) is 12.8 Å². The lowest BCUT2D eigenvalue weighted by Gasteiger charge is -2.20. The molecular formula is C25H30N4O2. The summed E-state index contributed by atoms with van der Waals surface area (Å²) in [6.45, 7) is 5.97. The highest BCUT2D eigenvalue weighted by molar-refractivity contribution is 5.92. The van der Waals surface area contributed by atoms with Gasteiger partial charge in [-0.2, -0.15) is 4.98 Å². The maximum atomic E-state index is 12.5. The van der Waals surface area contributed by atoms with E-state index in [-0.39, 0.29) is 17.9 Å². The summed E-state index contributed by atoms with van der Waals surface area (Å²) in [4.78, 5) is 17.2. The number of carbonyl (C=O) groups is 1. The van der Waals surface area contributed by atoms with Crippen molar-refractivity contribution in [3.63, 3.8) is 0 Å². The molecule has 1 aliphatic carbocycles. The predicted octanol–water partition coefficient (Wildman–Crippen LogP) is 5.55. The molecule has 3 aromatic rings. The summed E-state index contributed by atoms with van der Waals surface area (Å²) in [5, 5.41) is 7.67. The second-order valence-corrected chi connectivity index (χ2v) is 8.48. The molecule has 0 radical (unpaired) electrons. The van der Waals surface area contributed by atoms with Crippen molar-refractivity contribution in [1.82, 2.24) is 14.8 Å². The van der Waals surface area contributed by atoms with Crippen LogP contribution in [0.2, 0.25) is 0 Å². The summed E-state index contributed by atoms with van der Waals surface area (Å²) in [6, 6.07) is 16.2. The van der Waals surface area contributed by atoms with Crippen LogP contribution in [-0.4, -0.2) is 26.8 Å². The second kappa shape index (κ2) is 9.33. The van der Waals surface area contributed by atoms with Gasteiger partial charge in [-0.15, -0.1) is 5.10 Å². The van der Waals surface area contributed by atoms with E-state index < -0.39 is 0 Å². The van der Waals surface area contributed by atoms with Crippen LogP contribution in [0.1, 0.15) is 51.5 Å². The van der Waals surface area contributed by atoms with Crippen molar-refractivity contribution in [3.05, 3.63) is 54.1 Å². The molecular weight excluding hydrogens is 388 g/mol. The Morgan fingerprint density at radius 1 is 1.06 bits per heavy atom. The zero-order chi connectivity index (χ0) is 21.8. The van der Waals surface area contributed by atoms with E-state index in [0.717, 1.165) is 54.0 Å². The molecule has 0 unspecified atom stereocenters. The highest BCUT2D eigenvalue weighted by atomic mass is 16.5. The van der Waals surface area contributed by atoms with E-state index in [1.165, 1.54) is 6.42 Å². The SMILES string of the molecule is Cc1ccccc1-c1nc(OC(C)C)nn1-c1ccc(NC(=O)C2CCCCC2)cc1. The summed E-state index contributed by atoms with van der Waals surface area (Å²) in [5.41, 5.74) is 3.78. The first-order chi connectivity index (χ1) is 15.0. The van der Waals surface area contributed by atoms with E-state index in [9.17, 15) is 4.79 Å². The molecule has 0 spiro atoms. The van der Waals surface area contributed by atoms with Gasteiger partial charge in [-0.1, -0.05) is 43.5 Å². The van der Waals surface area contributed by atoms with Crippen molar-refractivity contribution in [2.24, 2.45) is 5.92 Å². The van der Waals surface area contributed by atoms with E-state index in [0.29, 0.717) is 6.01 Å². The average molecular weight is 419 g/mol. The first-order valence-electron chi connectivity index (χ1n) is 11.1. The van der Waals surface area contributed by atoms with Gasteiger partial charge in [-0.05, 0) is 63.4 Å². The Hall–Kier alpha value is -3.15. The Balaban J connectivity index is 1.60. The molecule has 0 saturated heterocycles. The van der Waals surface area contributed by atoms with Gasteiger partial charge in [-0.3, -0.25) is 4.79 Å². The highest BCUT2D eigenvalue weighted by Gasteiger charge is 2.21. The zero-order valence-corrected chi connectivity index (χ0v) is 18.5. The van der Waals surface area contributed by atoms with Gasteiger partial charge < -0.3 is 10.1 Å². The van der Waals surface area contributed by atoms with Gasteiger partial charge in [-0.25, -0.2) is 4.68 Å². The number of rotatable bonds is 6. The molecule has 1 fully saturated rings. The second-order valence-electron chi connectivity index (χ2n) is 8.48. The Bertz CT molecular complexity index is 1030. The average Bonchev–Trinajstić information content (AvgIpc) is 3.18. The van der Waals surface area contributed by atoms with Crippen LogP contribution in [0.3, 0.4) is 0 Å². The molecule has 6 nitrogen and oxygen atoms in total. The number of aryl methyl sites for hydroxylation is 1. The molecule has 1 saturated carbocycles. The van der Waals surface area contributed by atoms with Crippen LogP contribution < -0.4 is 10.1 Å². The van der Waals surface area contributed by atoms with Crippen molar-refractivity contribution in [3.8, 4) is 23.1 Å². The van der Waals surface area contributed by atoms with Gasteiger partial charge in [0.1, 0.15) is 0 Å². The van der Waals surface area contributed by atoms with Gasteiger partial charge in [0, 0.05) is 17.2 Å². The van der Waals surface area contributed by atoms with Crippen molar-refractivity contribution in [2.45, 2.75) is 59.0 Å². The van der Waals surface area contributed by atoms with Crippen LogP contribution in [0.5, 0.6) is 6.01 Å². The Kier molecular flexibility index (Phi) is 6.35. The van der Waals surface area contributed by atoms with Gasteiger partial charge in [0.2, 0.25) is 5.91 Å². The summed E-state index contributed by atoms with van der Waals surface area (Å²) < 4.78 is 7.56. The maximum absolute atomic E-state index is 12.5. The number of anilines is 1. The van der Waals surface area contributed by atoms with Gasteiger partial charge in [0.15, 0.2) is 5.82 Å². The topological polar surface area (TPSA) is 69.0 Å². The summed E-state index contributed by atoms with van der Waals surface area (Å²) in [5.74, 6) is 0.987. The standard InChI is InChI=1S/C25H30N4O2/c1-17(2)31-25-27-23(22-12-8-7-9-18(22)3)29(28-25)21-15-13-20(14-16-21)26-24(30)19-10-5-4-6-11-19/h7-9,12-17,19H,4-6,10-11H2,1-3H3,(H,26,30). The number of benzene rings is 2. The van der Waals surface area contributed by atoms with Crippen LogP contribution in [-0.2, 0) is 4.79 Å². The van der Waals surface area contributed by atoms with Gasteiger partial charge in [0.25, 0.3) is 0 Å². The van der Waals surface area contributed by atoms with E-state index in [2.05, 4.69) is 28.4 Å². The normalized spacial score (nSPS) is 14.6. The van der Waals surface area contributed by atoms with Crippen LogP contribution in [0.15, 0.2) is 48.5 Å². The lowest BCUT2D eigenvalue weighted by molar-refractivity contribution is -0.120. The van der Waals surface area contributed by atoms with Gasteiger partial charge >= 0.3 is 6.01 Å². The van der Waals surface area contributed by atoms with Crippen LogP contribution >= 0.6 is 0 Å². The molecule has 0 aliphatic heterocycles. The lowest BCUT2D eigenvalue weighted by atomic mass is 9.88. The number of carbonyl (C=O) groups excluding carboxylic acids is 1. The molecule has 31 heavy (non-hydrogen) atoms. The minimum absolute atomic E-state index is 0.0158. The summed E-state index contributed by atoms with van der Waals surface area (Å²) in [6.07, 6.45) is 5.49.